The molecule has 5 rings (SSSR count). The van der Waals surface area contributed by atoms with Crippen molar-refractivity contribution in [1.29, 1.82) is 0 Å². The molecule has 9 nitrogen and oxygen atoms in total. The van der Waals surface area contributed by atoms with Crippen LogP contribution in [0.5, 0.6) is 5.75 Å². The summed E-state index contributed by atoms with van der Waals surface area (Å²) >= 11 is 0. The van der Waals surface area contributed by atoms with Crippen LogP contribution in [0.1, 0.15) is 69.9 Å². The molecule has 0 amide bonds. The largest absolute Gasteiger partial charge is 0.514 e. The van der Waals surface area contributed by atoms with Crippen molar-refractivity contribution in [1.82, 2.24) is 9.55 Å². The van der Waals surface area contributed by atoms with Gasteiger partial charge in [0.25, 0.3) is 5.56 Å². The predicted molar refractivity (Wildman–Crippen MR) is 133 cm³/mol. The number of nitrogens with zero attached hydrogens (tertiary/aromatic N) is 2. The quantitative estimate of drug-likeness (QED) is 0.322. The Bertz CT molecular complexity index is 1430. The fourth-order valence-corrected chi connectivity index (χ4v) is 4.52. The van der Waals surface area contributed by atoms with E-state index < -0.39 is 23.8 Å². The van der Waals surface area contributed by atoms with Crippen molar-refractivity contribution in [3.63, 3.8) is 0 Å². The second-order valence-electron chi connectivity index (χ2n) is 9.38. The van der Waals surface area contributed by atoms with Crippen LogP contribution in [0.15, 0.2) is 29.1 Å². The van der Waals surface area contributed by atoms with Gasteiger partial charge < -0.3 is 23.9 Å². The van der Waals surface area contributed by atoms with Crippen LogP contribution in [0.25, 0.3) is 22.3 Å². The molecule has 2 aliphatic heterocycles. The van der Waals surface area contributed by atoms with Gasteiger partial charge in [0.2, 0.25) is 0 Å². The minimum absolute atomic E-state index is 0.165. The van der Waals surface area contributed by atoms with Crippen molar-refractivity contribution in [2.24, 2.45) is 0 Å². The standard InChI is InChI=1S/C25H24N2O7.C2H6/c1-5-13-14-8-12(33-24(31)34-25(2,3)4)6-7-18(14)26-20-16(13)10-27-19(20)9-15-17(22(27)29)11-32-23(30)21(15)28;1-2/h6-9,21,28H,5,10-11H2,1-4H3;1-2H3. The van der Waals surface area contributed by atoms with Gasteiger partial charge in [-0.15, -0.1) is 0 Å². The number of benzene rings is 1. The number of ether oxygens (including phenoxy) is 3. The Kier molecular flexibility index (Phi) is 6.62. The van der Waals surface area contributed by atoms with Crippen molar-refractivity contribution in [2.75, 3.05) is 0 Å². The molecule has 0 bridgehead atoms. The SMILES string of the molecule is CC.CCc1c2c(nc3ccc(OC(=O)OC(C)(C)C)cc13)-c1cc3c(c(=O)n1C2)COC(=O)C3O. The first-order chi connectivity index (χ1) is 17.1. The van der Waals surface area contributed by atoms with E-state index in [2.05, 4.69) is 0 Å². The Morgan fingerprint density at radius 3 is 2.58 bits per heavy atom. The highest BCUT2D eigenvalue weighted by molar-refractivity contribution is 5.90. The van der Waals surface area contributed by atoms with Crippen molar-refractivity contribution in [3.8, 4) is 17.1 Å². The van der Waals surface area contributed by atoms with Gasteiger partial charge in [-0.1, -0.05) is 20.8 Å². The van der Waals surface area contributed by atoms with Crippen LogP contribution in [0.3, 0.4) is 0 Å². The van der Waals surface area contributed by atoms with E-state index in [0.717, 1.165) is 16.5 Å². The van der Waals surface area contributed by atoms with Crippen LogP contribution in [0.4, 0.5) is 4.79 Å². The van der Waals surface area contributed by atoms with E-state index in [1.54, 1.807) is 49.6 Å². The molecule has 0 radical (unpaired) electrons. The maximum Gasteiger partial charge on any atom is 0.514 e. The average Bonchev–Trinajstić information content (AvgIpc) is 3.19. The Hall–Kier alpha value is -3.72. The monoisotopic (exact) mass is 494 g/mol. The molecular formula is C27H30N2O7. The topological polar surface area (TPSA) is 117 Å². The lowest BCUT2D eigenvalue weighted by molar-refractivity contribution is -0.157. The van der Waals surface area contributed by atoms with Crippen LogP contribution < -0.4 is 10.3 Å². The molecule has 2 aromatic heterocycles. The number of aryl methyl sites for hydroxylation is 1. The number of esters is 1. The molecule has 190 valence electrons. The van der Waals surface area contributed by atoms with Gasteiger partial charge in [0.05, 0.1) is 29.0 Å². The van der Waals surface area contributed by atoms with Gasteiger partial charge in [-0.2, -0.15) is 0 Å². The molecule has 0 spiro atoms. The molecule has 0 saturated carbocycles. The lowest BCUT2D eigenvalue weighted by Crippen LogP contribution is -2.32. The molecule has 1 aromatic carbocycles. The number of aliphatic hydroxyl groups is 1. The second kappa shape index (κ2) is 9.39. The summed E-state index contributed by atoms with van der Waals surface area (Å²) in [6.45, 7) is 11.4. The molecule has 4 heterocycles. The fraction of sp³-hybridized carbons (Fsp3) is 0.407. The smallest absolute Gasteiger partial charge is 0.458 e. The molecule has 0 fully saturated rings. The van der Waals surface area contributed by atoms with E-state index in [-0.39, 0.29) is 23.3 Å². The molecule has 2 aliphatic rings. The molecule has 1 unspecified atom stereocenters. The zero-order chi connectivity index (χ0) is 26.4. The number of carbonyl (C=O) groups excluding carboxylic acids is 2. The van der Waals surface area contributed by atoms with Gasteiger partial charge >= 0.3 is 12.1 Å². The zero-order valence-corrected chi connectivity index (χ0v) is 21.3. The van der Waals surface area contributed by atoms with E-state index in [0.29, 0.717) is 35.6 Å². The third-order valence-corrected chi connectivity index (χ3v) is 5.99. The van der Waals surface area contributed by atoms with Gasteiger partial charge in [-0.3, -0.25) is 4.79 Å². The van der Waals surface area contributed by atoms with Crippen LogP contribution in [-0.4, -0.2) is 32.4 Å². The Morgan fingerprint density at radius 1 is 1.19 bits per heavy atom. The number of aliphatic hydroxyl groups excluding tert-OH is 1. The van der Waals surface area contributed by atoms with Gasteiger partial charge in [0, 0.05) is 16.5 Å². The predicted octanol–water partition coefficient (Wildman–Crippen LogP) is 4.42. The van der Waals surface area contributed by atoms with Crippen molar-refractivity contribution < 1.29 is 28.9 Å². The molecular weight excluding hydrogens is 464 g/mol. The number of hydrogen-bond donors (Lipinski definition) is 1. The number of pyridine rings is 2. The summed E-state index contributed by atoms with van der Waals surface area (Å²) in [5.41, 5.74) is 3.28. The van der Waals surface area contributed by atoms with Gasteiger partial charge in [0.15, 0.2) is 6.10 Å². The van der Waals surface area contributed by atoms with E-state index in [1.807, 2.05) is 20.8 Å². The van der Waals surface area contributed by atoms with Crippen LogP contribution in [0.2, 0.25) is 0 Å². The van der Waals surface area contributed by atoms with Crippen molar-refractivity contribution in [2.45, 2.75) is 72.8 Å². The van der Waals surface area contributed by atoms with Gasteiger partial charge in [-0.25, -0.2) is 14.6 Å². The number of hydrogen-bond acceptors (Lipinski definition) is 8. The molecule has 0 aliphatic carbocycles. The molecule has 9 heteroatoms. The van der Waals surface area contributed by atoms with E-state index in [1.165, 1.54) is 0 Å². The average molecular weight is 495 g/mol. The summed E-state index contributed by atoms with van der Waals surface area (Å²) in [6, 6.07) is 6.80. The lowest BCUT2D eigenvalue weighted by Gasteiger charge is -2.21. The lowest BCUT2D eigenvalue weighted by atomic mass is 9.97. The minimum atomic E-state index is -1.50. The summed E-state index contributed by atoms with van der Waals surface area (Å²) < 4.78 is 17.1. The van der Waals surface area contributed by atoms with Crippen LogP contribution >= 0.6 is 0 Å². The molecule has 0 saturated heterocycles. The molecule has 1 atom stereocenters. The zero-order valence-electron chi connectivity index (χ0n) is 21.3. The maximum atomic E-state index is 13.2. The Morgan fingerprint density at radius 2 is 1.92 bits per heavy atom. The fourth-order valence-electron chi connectivity index (χ4n) is 4.52. The summed E-state index contributed by atoms with van der Waals surface area (Å²) in [7, 11) is 0. The number of cyclic esters (lactones) is 1. The summed E-state index contributed by atoms with van der Waals surface area (Å²) in [4.78, 5) is 41.9. The molecule has 1 N–H and O–H groups in total. The van der Waals surface area contributed by atoms with Crippen molar-refractivity contribution >= 4 is 23.0 Å². The minimum Gasteiger partial charge on any atom is -0.458 e. The first-order valence-electron chi connectivity index (χ1n) is 12.1. The number of fused-ring (bicyclic) bond motifs is 5. The first kappa shape index (κ1) is 25.4. The normalized spacial score (nSPS) is 15.8. The number of rotatable bonds is 2. The highest BCUT2D eigenvalue weighted by Gasteiger charge is 2.34. The maximum absolute atomic E-state index is 13.2. The van der Waals surface area contributed by atoms with E-state index >= 15 is 0 Å². The highest BCUT2D eigenvalue weighted by Crippen LogP contribution is 2.38. The summed E-state index contributed by atoms with van der Waals surface area (Å²) in [5.74, 6) is -0.437. The number of aromatic nitrogens is 2. The molecule has 3 aromatic rings. The van der Waals surface area contributed by atoms with Crippen LogP contribution in [-0.2, 0) is 33.8 Å². The Labute approximate surface area is 208 Å². The third kappa shape index (κ3) is 4.35. The Balaban J connectivity index is 0.00000148. The van der Waals surface area contributed by atoms with Crippen molar-refractivity contribution in [3.05, 3.63) is 56.9 Å². The highest BCUT2D eigenvalue weighted by atomic mass is 16.7. The second-order valence-corrected chi connectivity index (χ2v) is 9.38. The van der Waals surface area contributed by atoms with E-state index in [4.69, 9.17) is 19.2 Å². The molecule has 36 heavy (non-hydrogen) atoms. The number of carbonyl (C=O) groups is 2. The van der Waals surface area contributed by atoms with Gasteiger partial charge in [0.1, 0.15) is 18.0 Å². The summed E-state index contributed by atoms with van der Waals surface area (Å²) in [6.07, 6.45) is -1.63. The summed E-state index contributed by atoms with van der Waals surface area (Å²) in [5, 5.41) is 11.1. The first-order valence-corrected chi connectivity index (χ1v) is 12.1. The van der Waals surface area contributed by atoms with Crippen LogP contribution in [0, 0.1) is 0 Å². The van der Waals surface area contributed by atoms with E-state index in [9.17, 15) is 19.5 Å². The van der Waals surface area contributed by atoms with Gasteiger partial charge in [-0.05, 0) is 57.0 Å². The third-order valence-electron chi connectivity index (χ3n) is 5.99.